The number of unbranched alkanes of at least 4 members (excludes halogenated alkanes) is 1. The van der Waals surface area contributed by atoms with Gasteiger partial charge in [0, 0.05) is 6.20 Å². The van der Waals surface area contributed by atoms with Gasteiger partial charge in [-0.1, -0.05) is 13.3 Å². The minimum atomic E-state index is 0.851. The molecule has 0 amide bonds. The fraction of sp³-hybridized carbons (Fsp3) is 0.500. The Kier molecular flexibility index (Phi) is 3.58. The summed E-state index contributed by atoms with van der Waals surface area (Å²) in [6, 6.07) is 2.04. The molecule has 0 bridgehead atoms. The molecule has 0 saturated carbocycles. The van der Waals surface area contributed by atoms with Crippen LogP contribution in [0.25, 0.3) is 0 Å². The predicted molar refractivity (Wildman–Crippen MR) is 49.4 cm³/mol. The number of ether oxygens (including phenoxy) is 1. The molecule has 0 atom stereocenters. The molecule has 1 aromatic rings. The third-order valence-corrected chi connectivity index (χ3v) is 1.82. The Labute approximate surface area is 73.6 Å². The van der Waals surface area contributed by atoms with E-state index in [9.17, 15) is 0 Å². The van der Waals surface area contributed by atoms with Crippen LogP contribution < -0.4 is 4.74 Å². The molecule has 0 saturated heterocycles. The third kappa shape index (κ3) is 2.53. The van der Waals surface area contributed by atoms with Gasteiger partial charge >= 0.3 is 0 Å². The first-order chi connectivity index (χ1) is 5.86. The van der Waals surface area contributed by atoms with Crippen molar-refractivity contribution < 1.29 is 4.74 Å². The molecule has 1 heterocycles. The monoisotopic (exact) mass is 165 g/mol. The van der Waals surface area contributed by atoms with Crippen LogP contribution in [0.15, 0.2) is 18.5 Å². The molecule has 1 aromatic heterocycles. The van der Waals surface area contributed by atoms with Crippen molar-refractivity contribution in [3.8, 4) is 5.75 Å². The van der Waals surface area contributed by atoms with Crippen LogP contribution in [0.4, 0.5) is 0 Å². The van der Waals surface area contributed by atoms with Crippen LogP contribution in [-0.2, 0) is 6.42 Å². The van der Waals surface area contributed by atoms with Crippen molar-refractivity contribution in [1.82, 2.24) is 4.98 Å². The molecule has 66 valence electrons. The highest BCUT2D eigenvalue weighted by Crippen LogP contribution is 2.12. The number of hydrogen-bond donors (Lipinski definition) is 0. The van der Waals surface area contributed by atoms with E-state index >= 15 is 0 Å². The van der Waals surface area contributed by atoms with Crippen molar-refractivity contribution >= 4 is 0 Å². The molecule has 0 aromatic carbocycles. The summed E-state index contributed by atoms with van der Waals surface area (Å²) in [5.41, 5.74) is 1.26. The largest absolute Gasteiger partial charge is 0.495 e. The molecule has 2 heteroatoms. The van der Waals surface area contributed by atoms with Crippen LogP contribution in [0.3, 0.4) is 0 Å². The highest BCUT2D eigenvalue weighted by atomic mass is 16.5. The maximum Gasteiger partial charge on any atom is 0.137 e. The number of methoxy groups -OCH3 is 1. The van der Waals surface area contributed by atoms with Gasteiger partial charge in [0.25, 0.3) is 0 Å². The Morgan fingerprint density at radius 2 is 2.25 bits per heavy atom. The molecule has 0 radical (unpaired) electrons. The van der Waals surface area contributed by atoms with Crippen molar-refractivity contribution in [2.24, 2.45) is 0 Å². The van der Waals surface area contributed by atoms with Crippen molar-refractivity contribution in [2.45, 2.75) is 26.2 Å². The van der Waals surface area contributed by atoms with Crippen LogP contribution in [0.2, 0.25) is 0 Å². The number of rotatable bonds is 4. The second kappa shape index (κ2) is 4.75. The molecule has 0 aliphatic rings. The first-order valence-corrected chi connectivity index (χ1v) is 4.34. The first kappa shape index (κ1) is 9.04. The molecule has 0 fully saturated rings. The number of aryl methyl sites for hydroxylation is 1. The van der Waals surface area contributed by atoms with E-state index in [1.165, 1.54) is 18.4 Å². The maximum atomic E-state index is 5.07. The summed E-state index contributed by atoms with van der Waals surface area (Å²) in [5, 5.41) is 0. The predicted octanol–water partition coefficient (Wildman–Crippen LogP) is 2.43. The van der Waals surface area contributed by atoms with Gasteiger partial charge < -0.3 is 4.74 Å². The van der Waals surface area contributed by atoms with E-state index in [2.05, 4.69) is 11.9 Å². The Morgan fingerprint density at radius 3 is 2.92 bits per heavy atom. The van der Waals surface area contributed by atoms with E-state index in [1.807, 2.05) is 12.3 Å². The zero-order valence-corrected chi connectivity index (χ0v) is 7.71. The van der Waals surface area contributed by atoms with Crippen LogP contribution >= 0.6 is 0 Å². The molecule has 0 unspecified atom stereocenters. The standard InChI is InChI=1S/C10H15NO/c1-3-4-5-9-6-10(12-2)8-11-7-9/h6-8H,3-5H2,1-2H3. The molecule has 2 nitrogen and oxygen atoms in total. The summed E-state index contributed by atoms with van der Waals surface area (Å²) in [6.07, 6.45) is 7.17. The van der Waals surface area contributed by atoms with Crippen molar-refractivity contribution in [3.05, 3.63) is 24.0 Å². The van der Waals surface area contributed by atoms with Gasteiger partial charge in [-0.25, -0.2) is 0 Å². The fourth-order valence-corrected chi connectivity index (χ4v) is 1.09. The van der Waals surface area contributed by atoms with Gasteiger partial charge in [-0.2, -0.15) is 0 Å². The number of hydrogen-bond acceptors (Lipinski definition) is 2. The van der Waals surface area contributed by atoms with Gasteiger partial charge in [0.15, 0.2) is 0 Å². The minimum absolute atomic E-state index is 0.851. The van der Waals surface area contributed by atoms with Crippen LogP contribution in [-0.4, -0.2) is 12.1 Å². The normalized spacial score (nSPS) is 9.83. The van der Waals surface area contributed by atoms with Gasteiger partial charge in [-0.05, 0) is 24.5 Å². The third-order valence-electron chi connectivity index (χ3n) is 1.82. The van der Waals surface area contributed by atoms with Crippen molar-refractivity contribution in [3.63, 3.8) is 0 Å². The summed E-state index contributed by atoms with van der Waals surface area (Å²) in [7, 11) is 1.67. The number of pyridine rings is 1. The molecular weight excluding hydrogens is 150 g/mol. The average Bonchev–Trinajstić information content (AvgIpc) is 2.15. The van der Waals surface area contributed by atoms with E-state index in [-0.39, 0.29) is 0 Å². The van der Waals surface area contributed by atoms with Crippen LogP contribution in [0.1, 0.15) is 25.3 Å². The summed E-state index contributed by atoms with van der Waals surface area (Å²) in [4.78, 5) is 4.08. The molecule has 1 rings (SSSR count). The lowest BCUT2D eigenvalue weighted by atomic mass is 10.1. The second-order valence-corrected chi connectivity index (χ2v) is 2.84. The van der Waals surface area contributed by atoms with Gasteiger partial charge in [0.2, 0.25) is 0 Å². The topological polar surface area (TPSA) is 22.1 Å². The smallest absolute Gasteiger partial charge is 0.137 e. The van der Waals surface area contributed by atoms with Gasteiger partial charge in [-0.15, -0.1) is 0 Å². The lowest BCUT2D eigenvalue weighted by Gasteiger charge is -2.01. The molecule has 0 aliphatic carbocycles. The minimum Gasteiger partial charge on any atom is -0.495 e. The van der Waals surface area contributed by atoms with E-state index in [0.717, 1.165) is 12.2 Å². The lowest BCUT2D eigenvalue weighted by Crippen LogP contribution is -1.89. The Hall–Kier alpha value is -1.05. The lowest BCUT2D eigenvalue weighted by molar-refractivity contribution is 0.412. The van der Waals surface area contributed by atoms with Crippen LogP contribution in [0, 0.1) is 0 Å². The summed E-state index contributed by atoms with van der Waals surface area (Å²) in [5.74, 6) is 0.851. The van der Waals surface area contributed by atoms with Gasteiger partial charge in [-0.3, -0.25) is 4.98 Å². The molecule has 0 aliphatic heterocycles. The Balaban J connectivity index is 2.60. The van der Waals surface area contributed by atoms with E-state index in [4.69, 9.17) is 4.74 Å². The summed E-state index contributed by atoms with van der Waals surface area (Å²) >= 11 is 0. The first-order valence-electron chi connectivity index (χ1n) is 4.34. The molecule has 12 heavy (non-hydrogen) atoms. The zero-order valence-electron chi connectivity index (χ0n) is 7.71. The van der Waals surface area contributed by atoms with E-state index < -0.39 is 0 Å². The molecular formula is C10H15NO. The van der Waals surface area contributed by atoms with Gasteiger partial charge in [0.1, 0.15) is 5.75 Å². The Morgan fingerprint density at radius 1 is 1.42 bits per heavy atom. The highest BCUT2D eigenvalue weighted by molar-refractivity contribution is 5.23. The quantitative estimate of drug-likeness (QED) is 0.683. The Bertz CT molecular complexity index is 235. The second-order valence-electron chi connectivity index (χ2n) is 2.84. The number of aromatic nitrogens is 1. The summed E-state index contributed by atoms with van der Waals surface area (Å²) in [6.45, 7) is 2.19. The fourth-order valence-electron chi connectivity index (χ4n) is 1.09. The molecule has 0 spiro atoms. The van der Waals surface area contributed by atoms with Crippen LogP contribution in [0.5, 0.6) is 5.75 Å². The van der Waals surface area contributed by atoms with E-state index in [0.29, 0.717) is 0 Å². The molecule has 0 N–H and O–H groups in total. The average molecular weight is 165 g/mol. The summed E-state index contributed by atoms with van der Waals surface area (Å²) < 4.78 is 5.07. The van der Waals surface area contributed by atoms with E-state index in [1.54, 1.807) is 13.3 Å². The SMILES string of the molecule is CCCCc1cncc(OC)c1. The van der Waals surface area contributed by atoms with Crippen molar-refractivity contribution in [1.29, 1.82) is 0 Å². The van der Waals surface area contributed by atoms with Crippen molar-refractivity contribution in [2.75, 3.05) is 7.11 Å². The zero-order chi connectivity index (χ0) is 8.81. The highest BCUT2D eigenvalue weighted by Gasteiger charge is 1.95. The number of nitrogens with zero attached hydrogens (tertiary/aromatic N) is 1. The van der Waals surface area contributed by atoms with Gasteiger partial charge in [0.05, 0.1) is 13.3 Å². The maximum absolute atomic E-state index is 5.07.